The van der Waals surface area contributed by atoms with Crippen LogP contribution in [-0.4, -0.2) is 15.0 Å². The summed E-state index contributed by atoms with van der Waals surface area (Å²) in [6, 6.07) is 56.9. The number of para-hydroxylation sites is 5. The van der Waals surface area contributed by atoms with Gasteiger partial charge in [-0.25, -0.2) is 4.98 Å². The van der Waals surface area contributed by atoms with Crippen molar-refractivity contribution in [1.82, 2.24) is 15.0 Å². The maximum Gasteiger partial charge on any atom is 0.238 e. The van der Waals surface area contributed by atoms with Gasteiger partial charge >= 0.3 is 0 Å². The Labute approximate surface area is 334 Å². The molecule has 0 aliphatic carbocycles. The molecule has 0 aliphatic heterocycles. The van der Waals surface area contributed by atoms with Crippen LogP contribution in [0.15, 0.2) is 188 Å². The first-order valence-corrected chi connectivity index (χ1v) is 19.4. The first-order valence-electron chi connectivity index (χ1n) is 19.4. The maximum absolute atomic E-state index is 6.55. The molecule has 0 amide bonds. The van der Waals surface area contributed by atoms with Crippen molar-refractivity contribution in [3.63, 3.8) is 0 Å². The highest BCUT2D eigenvalue weighted by Crippen LogP contribution is 2.42. The molecule has 59 heavy (non-hydrogen) atoms. The fourth-order valence-electron chi connectivity index (χ4n) is 8.59. The molecule has 5 aromatic heterocycles. The molecule has 0 aliphatic rings. The predicted octanol–water partition coefficient (Wildman–Crippen LogP) is 14.3. The number of furan rings is 4. The molecule has 0 N–H and O–H groups in total. The number of aromatic nitrogens is 3. The number of benzene rings is 8. The van der Waals surface area contributed by atoms with E-state index in [1.54, 1.807) is 0 Å². The lowest BCUT2D eigenvalue weighted by Crippen LogP contribution is -2.15. The van der Waals surface area contributed by atoms with Gasteiger partial charge in [0.1, 0.15) is 44.7 Å². The number of hydrogen-bond acceptors (Lipinski definition) is 8. The van der Waals surface area contributed by atoms with Crippen LogP contribution in [0.5, 0.6) is 0 Å². The van der Waals surface area contributed by atoms with Gasteiger partial charge in [-0.3, -0.25) is 4.90 Å². The van der Waals surface area contributed by atoms with Crippen LogP contribution in [0, 0.1) is 0 Å². The Kier molecular flexibility index (Phi) is 6.56. The van der Waals surface area contributed by atoms with Gasteiger partial charge in [-0.1, -0.05) is 84.9 Å². The fourth-order valence-corrected chi connectivity index (χ4v) is 8.59. The van der Waals surface area contributed by atoms with Gasteiger partial charge in [0.2, 0.25) is 5.95 Å². The van der Waals surface area contributed by atoms with Crippen molar-refractivity contribution >= 4 is 105 Å². The van der Waals surface area contributed by atoms with E-state index in [4.69, 9.17) is 32.6 Å². The van der Waals surface area contributed by atoms with Crippen LogP contribution in [-0.2, 0) is 0 Å². The molecule has 8 nitrogen and oxygen atoms in total. The number of anilines is 3. The average Bonchev–Trinajstić information content (AvgIpc) is 4.05. The summed E-state index contributed by atoms with van der Waals surface area (Å²) in [6.45, 7) is 0. The van der Waals surface area contributed by atoms with Gasteiger partial charge in [0.15, 0.2) is 11.6 Å². The van der Waals surface area contributed by atoms with E-state index in [1.807, 2.05) is 114 Å². The lowest BCUT2D eigenvalue weighted by atomic mass is 10.1. The van der Waals surface area contributed by atoms with Crippen molar-refractivity contribution in [2.24, 2.45) is 0 Å². The summed E-state index contributed by atoms with van der Waals surface area (Å²) in [7, 11) is 0. The Hall–Kier alpha value is -8.23. The van der Waals surface area contributed by atoms with Gasteiger partial charge in [0, 0.05) is 60.8 Å². The molecular formula is C51H28N4O4. The minimum atomic E-state index is 0.404. The first kappa shape index (κ1) is 31.9. The summed E-state index contributed by atoms with van der Waals surface area (Å²) < 4.78 is 25.6. The van der Waals surface area contributed by atoms with E-state index in [-0.39, 0.29) is 0 Å². The van der Waals surface area contributed by atoms with Crippen LogP contribution >= 0.6 is 0 Å². The lowest BCUT2D eigenvalue weighted by Gasteiger charge is -2.24. The third kappa shape index (κ3) is 4.87. The zero-order valence-electron chi connectivity index (χ0n) is 31.1. The zero-order valence-corrected chi connectivity index (χ0v) is 31.1. The Morgan fingerprint density at radius 2 is 0.797 bits per heavy atom. The van der Waals surface area contributed by atoms with Crippen LogP contribution in [0.25, 0.3) is 111 Å². The van der Waals surface area contributed by atoms with E-state index in [2.05, 4.69) is 60.7 Å². The average molecular weight is 761 g/mol. The molecule has 0 fully saturated rings. The molecule has 0 saturated carbocycles. The van der Waals surface area contributed by atoms with Crippen molar-refractivity contribution in [3.05, 3.63) is 170 Å². The Balaban J connectivity index is 1.09. The third-order valence-electron chi connectivity index (χ3n) is 11.3. The molecular weight excluding hydrogens is 733 g/mol. The second kappa shape index (κ2) is 12.1. The van der Waals surface area contributed by atoms with Gasteiger partial charge in [-0.05, 0) is 72.8 Å². The number of nitrogens with zero attached hydrogens (tertiary/aromatic N) is 4. The van der Waals surface area contributed by atoms with Crippen LogP contribution in [0.3, 0.4) is 0 Å². The minimum Gasteiger partial charge on any atom is -0.456 e. The van der Waals surface area contributed by atoms with Crippen molar-refractivity contribution in [1.29, 1.82) is 0 Å². The Morgan fingerprint density at radius 3 is 1.42 bits per heavy atom. The van der Waals surface area contributed by atoms with Crippen LogP contribution in [0.1, 0.15) is 0 Å². The first-order chi connectivity index (χ1) is 29.2. The molecule has 0 atom stereocenters. The molecule has 0 unspecified atom stereocenters. The quantitative estimate of drug-likeness (QED) is 0.171. The number of hydrogen-bond donors (Lipinski definition) is 0. The normalized spacial score (nSPS) is 12.1. The Morgan fingerprint density at radius 1 is 0.322 bits per heavy atom. The van der Waals surface area contributed by atoms with Gasteiger partial charge < -0.3 is 17.7 Å². The van der Waals surface area contributed by atoms with Crippen LogP contribution < -0.4 is 4.90 Å². The van der Waals surface area contributed by atoms with E-state index in [9.17, 15) is 0 Å². The van der Waals surface area contributed by atoms with Gasteiger partial charge in [0.25, 0.3) is 0 Å². The van der Waals surface area contributed by atoms with E-state index >= 15 is 0 Å². The molecule has 5 heterocycles. The Bertz CT molecular complexity index is 3720. The van der Waals surface area contributed by atoms with Crippen molar-refractivity contribution in [3.8, 4) is 22.8 Å². The highest BCUT2D eigenvalue weighted by molar-refractivity contribution is 6.10. The maximum atomic E-state index is 6.55. The number of rotatable bonds is 5. The highest BCUT2D eigenvalue weighted by atomic mass is 16.3. The van der Waals surface area contributed by atoms with Crippen LogP contribution in [0.2, 0.25) is 0 Å². The number of fused-ring (bicyclic) bond motifs is 12. The molecule has 13 rings (SSSR count). The summed E-state index contributed by atoms with van der Waals surface area (Å²) in [5, 5.41) is 8.14. The molecule has 13 aromatic rings. The SMILES string of the molecule is c1ccc2c(c1)oc1cc(N(c3ccc4c(c3)oc3ccccc34)c3nc(-c4ccc5oc6ccccc6c5c4)nc(-c4cccc5c4oc4ccccc45)n3)ccc12. The van der Waals surface area contributed by atoms with Gasteiger partial charge in [0.05, 0.1) is 16.9 Å². The summed E-state index contributed by atoms with van der Waals surface area (Å²) in [5.74, 6) is 1.36. The molecule has 276 valence electrons. The largest absolute Gasteiger partial charge is 0.456 e. The third-order valence-corrected chi connectivity index (χ3v) is 11.3. The summed E-state index contributed by atoms with van der Waals surface area (Å²) >= 11 is 0. The smallest absolute Gasteiger partial charge is 0.238 e. The molecule has 0 radical (unpaired) electrons. The summed E-state index contributed by atoms with van der Waals surface area (Å²) in [6.07, 6.45) is 0. The van der Waals surface area contributed by atoms with E-state index in [0.717, 1.165) is 105 Å². The van der Waals surface area contributed by atoms with Gasteiger partial charge in [-0.2, -0.15) is 9.97 Å². The van der Waals surface area contributed by atoms with Crippen LogP contribution in [0.4, 0.5) is 17.3 Å². The summed E-state index contributed by atoms with van der Waals surface area (Å²) in [5.41, 5.74) is 9.40. The fraction of sp³-hybridized carbons (Fsp3) is 0. The zero-order chi connectivity index (χ0) is 38.6. The molecule has 0 bridgehead atoms. The molecule has 8 aromatic carbocycles. The standard InChI is InChI=1S/C51H28N4O4/c1-5-16-41-32(10-1)36-23-21-30(27-46(36)57-41)55(31-22-24-37-33-11-2-6-17-42(33)58-47(37)28-31)51-53-49(29-20-25-45-40(26-29)35-13-4-7-18-43(35)56-45)52-50(54-51)39-15-9-14-38-34-12-3-8-19-44(34)59-48(38)39/h1-28H. The topological polar surface area (TPSA) is 94.5 Å². The van der Waals surface area contributed by atoms with Gasteiger partial charge in [-0.15, -0.1) is 0 Å². The van der Waals surface area contributed by atoms with E-state index in [0.29, 0.717) is 23.2 Å². The lowest BCUT2D eigenvalue weighted by molar-refractivity contribution is 0.668. The second-order valence-corrected chi connectivity index (χ2v) is 14.8. The summed E-state index contributed by atoms with van der Waals surface area (Å²) in [4.78, 5) is 17.9. The second-order valence-electron chi connectivity index (χ2n) is 14.8. The molecule has 8 heteroatoms. The van der Waals surface area contributed by atoms with Crippen molar-refractivity contribution in [2.75, 3.05) is 4.90 Å². The monoisotopic (exact) mass is 760 g/mol. The van der Waals surface area contributed by atoms with E-state index < -0.39 is 0 Å². The van der Waals surface area contributed by atoms with Crippen molar-refractivity contribution < 1.29 is 17.7 Å². The molecule has 0 spiro atoms. The molecule has 0 saturated heterocycles. The predicted molar refractivity (Wildman–Crippen MR) is 234 cm³/mol. The minimum absolute atomic E-state index is 0.404. The van der Waals surface area contributed by atoms with Crippen molar-refractivity contribution in [2.45, 2.75) is 0 Å². The highest BCUT2D eigenvalue weighted by Gasteiger charge is 2.24. The van der Waals surface area contributed by atoms with E-state index in [1.165, 1.54) is 0 Å².